The Hall–Kier alpha value is -1.91. The Morgan fingerprint density at radius 3 is 2.33 bits per heavy atom. The van der Waals surface area contributed by atoms with E-state index in [1.807, 2.05) is 0 Å². The number of oxime groups is 1. The first-order valence-electron chi connectivity index (χ1n) is 5.89. The quantitative estimate of drug-likeness (QED) is 0.595. The van der Waals surface area contributed by atoms with Crippen LogP contribution in [0.1, 0.15) is 26.3 Å². The molecule has 2 aliphatic rings. The van der Waals surface area contributed by atoms with Crippen molar-refractivity contribution < 1.29 is 9.76 Å². The number of hydrogen-bond acceptors (Lipinski definition) is 4. The fourth-order valence-electron chi connectivity index (χ4n) is 2.88. The predicted octanol–water partition coefficient (Wildman–Crippen LogP) is 2.74. The summed E-state index contributed by atoms with van der Waals surface area (Å²) in [6, 6.07) is 6.48. The van der Waals surface area contributed by atoms with Gasteiger partial charge in [0.2, 0.25) is 0 Å². The second kappa shape index (κ2) is 3.10. The molecule has 1 aromatic carbocycles. The fourth-order valence-corrected chi connectivity index (χ4v) is 2.88. The lowest BCUT2D eigenvalue weighted by Crippen LogP contribution is -2.12. The maximum atomic E-state index is 10.6. The fraction of sp³-hybridized carbons (Fsp3) is 0.462. The summed E-state index contributed by atoms with van der Waals surface area (Å²) in [6.07, 6.45) is 0. The highest BCUT2D eigenvalue weighted by molar-refractivity contribution is 6.06. The van der Waals surface area contributed by atoms with Gasteiger partial charge in [0, 0.05) is 23.1 Å². The van der Waals surface area contributed by atoms with Gasteiger partial charge in [-0.25, -0.2) is 0 Å². The molecule has 0 radical (unpaired) electrons. The minimum atomic E-state index is -0.401. The molecule has 2 atom stereocenters. The van der Waals surface area contributed by atoms with Crippen molar-refractivity contribution in [2.75, 3.05) is 0 Å². The van der Waals surface area contributed by atoms with E-state index in [0.29, 0.717) is 0 Å². The summed E-state index contributed by atoms with van der Waals surface area (Å²) in [5.74, 6) is 0.270. The zero-order chi connectivity index (χ0) is 13.1. The van der Waals surface area contributed by atoms with Gasteiger partial charge >= 0.3 is 0 Å². The van der Waals surface area contributed by atoms with E-state index in [0.717, 1.165) is 11.3 Å². The number of non-ortho nitro benzene ring substituents is 1. The number of fused-ring (bicyclic) bond motifs is 1. The van der Waals surface area contributed by atoms with Crippen LogP contribution in [0.2, 0.25) is 0 Å². The van der Waals surface area contributed by atoms with Crippen molar-refractivity contribution in [1.29, 1.82) is 0 Å². The van der Waals surface area contributed by atoms with Gasteiger partial charge in [0.25, 0.3) is 5.69 Å². The van der Waals surface area contributed by atoms with Crippen molar-refractivity contribution in [3.63, 3.8) is 0 Å². The molecule has 1 aliphatic heterocycles. The molecule has 0 amide bonds. The zero-order valence-corrected chi connectivity index (χ0v) is 10.5. The van der Waals surface area contributed by atoms with E-state index in [4.69, 9.17) is 4.84 Å². The van der Waals surface area contributed by atoms with Crippen LogP contribution < -0.4 is 0 Å². The largest absolute Gasteiger partial charge is 0.388 e. The van der Waals surface area contributed by atoms with E-state index in [9.17, 15) is 10.1 Å². The molecule has 3 rings (SSSR count). The summed E-state index contributed by atoms with van der Waals surface area (Å²) in [5, 5.41) is 14.7. The number of nitrogens with zero attached hydrogens (tertiary/aromatic N) is 2. The number of hydrogen-bond donors (Lipinski definition) is 0. The third-order valence-electron chi connectivity index (χ3n) is 4.45. The number of nitro groups is 1. The van der Waals surface area contributed by atoms with E-state index in [2.05, 4.69) is 25.9 Å². The molecule has 94 valence electrons. The first-order chi connectivity index (χ1) is 8.38. The van der Waals surface area contributed by atoms with E-state index in [1.165, 1.54) is 12.1 Å². The van der Waals surface area contributed by atoms with Gasteiger partial charge in [-0.2, -0.15) is 0 Å². The van der Waals surface area contributed by atoms with Crippen LogP contribution in [-0.2, 0) is 4.84 Å². The predicted molar refractivity (Wildman–Crippen MR) is 66.4 cm³/mol. The van der Waals surface area contributed by atoms with Crippen LogP contribution in [0.3, 0.4) is 0 Å². The van der Waals surface area contributed by atoms with Gasteiger partial charge in [0.05, 0.1) is 16.6 Å². The summed E-state index contributed by atoms with van der Waals surface area (Å²) in [7, 11) is 0. The van der Waals surface area contributed by atoms with Gasteiger partial charge in [-0.15, -0.1) is 0 Å². The first-order valence-corrected chi connectivity index (χ1v) is 5.89. The van der Waals surface area contributed by atoms with Crippen molar-refractivity contribution in [2.24, 2.45) is 16.5 Å². The van der Waals surface area contributed by atoms with Crippen LogP contribution in [0, 0.1) is 21.4 Å². The lowest BCUT2D eigenvalue weighted by molar-refractivity contribution is -0.384. The zero-order valence-electron chi connectivity index (χ0n) is 10.5. The summed E-state index contributed by atoms with van der Waals surface area (Å²) < 4.78 is 0. The van der Waals surface area contributed by atoms with Crippen molar-refractivity contribution in [1.82, 2.24) is 0 Å². The van der Waals surface area contributed by atoms with Crippen LogP contribution in [0.15, 0.2) is 29.4 Å². The number of rotatable bonds is 2. The maximum Gasteiger partial charge on any atom is 0.269 e. The van der Waals surface area contributed by atoms with Crippen LogP contribution in [-0.4, -0.2) is 16.2 Å². The normalized spacial score (nSPS) is 31.3. The minimum absolute atomic E-state index is 0.0753. The molecule has 5 nitrogen and oxygen atoms in total. The lowest BCUT2D eigenvalue weighted by atomic mass is 10.0. The molecular formula is C13H14N2O3. The Labute approximate surface area is 105 Å². The summed E-state index contributed by atoms with van der Waals surface area (Å²) >= 11 is 0. The Morgan fingerprint density at radius 2 is 1.89 bits per heavy atom. The van der Waals surface area contributed by atoms with Gasteiger partial charge < -0.3 is 4.84 Å². The van der Waals surface area contributed by atoms with E-state index < -0.39 is 4.92 Å². The monoisotopic (exact) mass is 246 g/mol. The van der Waals surface area contributed by atoms with Crippen LogP contribution in [0.4, 0.5) is 5.69 Å². The molecule has 5 heteroatoms. The molecule has 0 saturated heterocycles. The SMILES string of the molecule is CC1(C)[C@@H]2C(c3ccc([N+](=O)[O-])cc3)=NO[C@@]21C. The molecule has 0 aromatic heterocycles. The average Bonchev–Trinajstić information content (AvgIpc) is 2.63. The number of benzene rings is 1. The van der Waals surface area contributed by atoms with Crippen LogP contribution in [0.5, 0.6) is 0 Å². The lowest BCUT2D eigenvalue weighted by Gasteiger charge is -2.11. The Kier molecular flexibility index (Phi) is 1.93. The molecule has 1 saturated carbocycles. The topological polar surface area (TPSA) is 64.7 Å². The molecule has 18 heavy (non-hydrogen) atoms. The highest BCUT2D eigenvalue weighted by Crippen LogP contribution is 2.67. The Bertz CT molecular complexity index is 562. The summed E-state index contributed by atoms with van der Waals surface area (Å²) in [4.78, 5) is 15.7. The molecule has 1 aromatic rings. The van der Waals surface area contributed by atoms with Crippen molar-refractivity contribution >= 4 is 11.4 Å². The summed E-state index contributed by atoms with van der Waals surface area (Å²) in [5.41, 5.74) is 1.75. The van der Waals surface area contributed by atoms with Crippen molar-refractivity contribution in [3.05, 3.63) is 39.9 Å². The number of nitro benzene ring substituents is 1. The maximum absolute atomic E-state index is 10.6. The second-order valence-electron chi connectivity index (χ2n) is 5.63. The molecule has 0 N–H and O–H groups in total. The van der Waals surface area contributed by atoms with Crippen molar-refractivity contribution in [3.8, 4) is 0 Å². The van der Waals surface area contributed by atoms with Gasteiger partial charge in [-0.1, -0.05) is 19.0 Å². The summed E-state index contributed by atoms with van der Waals surface area (Å²) in [6.45, 7) is 6.36. The Balaban J connectivity index is 1.92. The molecule has 1 aliphatic carbocycles. The molecule has 1 heterocycles. The van der Waals surface area contributed by atoms with Crippen LogP contribution >= 0.6 is 0 Å². The van der Waals surface area contributed by atoms with Gasteiger partial charge in [0.15, 0.2) is 0 Å². The van der Waals surface area contributed by atoms with Gasteiger partial charge in [-0.05, 0) is 19.1 Å². The van der Waals surface area contributed by atoms with Gasteiger partial charge in [0.1, 0.15) is 5.60 Å². The molecule has 0 unspecified atom stereocenters. The smallest absolute Gasteiger partial charge is 0.269 e. The second-order valence-corrected chi connectivity index (χ2v) is 5.63. The molecular weight excluding hydrogens is 232 g/mol. The molecule has 0 bridgehead atoms. The average molecular weight is 246 g/mol. The standard InChI is InChI=1S/C13H14N2O3/c1-12(2)11-10(14-18-13(11,12)3)8-4-6-9(7-5-8)15(16)17/h4-7,11H,1-3H3/t11-,13-/m0/s1. The van der Waals surface area contributed by atoms with E-state index >= 15 is 0 Å². The molecule has 1 fully saturated rings. The van der Waals surface area contributed by atoms with Crippen LogP contribution in [0.25, 0.3) is 0 Å². The third kappa shape index (κ3) is 1.19. The van der Waals surface area contributed by atoms with E-state index in [-0.39, 0.29) is 22.6 Å². The van der Waals surface area contributed by atoms with Gasteiger partial charge in [-0.3, -0.25) is 10.1 Å². The Morgan fingerprint density at radius 1 is 1.28 bits per heavy atom. The van der Waals surface area contributed by atoms with Crippen molar-refractivity contribution in [2.45, 2.75) is 26.4 Å². The first kappa shape index (κ1) is 11.2. The minimum Gasteiger partial charge on any atom is -0.388 e. The third-order valence-corrected chi connectivity index (χ3v) is 4.45. The highest BCUT2D eigenvalue weighted by atomic mass is 16.7. The highest BCUT2D eigenvalue weighted by Gasteiger charge is 2.76. The molecule has 0 spiro atoms. The van der Waals surface area contributed by atoms with E-state index in [1.54, 1.807) is 12.1 Å².